The Morgan fingerprint density at radius 3 is 2.69 bits per heavy atom. The molecule has 0 spiro atoms. The molecule has 1 unspecified atom stereocenters. The average molecular weight is 396 g/mol. The van der Waals surface area contributed by atoms with E-state index in [1.54, 1.807) is 0 Å². The number of rotatable bonds is 10. The fraction of sp³-hybridized carbons (Fsp3) is 0.348. The van der Waals surface area contributed by atoms with E-state index in [0.29, 0.717) is 24.7 Å². The van der Waals surface area contributed by atoms with E-state index in [2.05, 4.69) is 17.2 Å². The van der Waals surface area contributed by atoms with Gasteiger partial charge in [-0.2, -0.15) is 0 Å². The van der Waals surface area contributed by atoms with Gasteiger partial charge < -0.3 is 24.8 Å². The minimum absolute atomic E-state index is 0.130. The molecule has 0 radical (unpaired) electrons. The first-order chi connectivity index (χ1) is 14.1. The normalized spacial score (nSPS) is 15.6. The van der Waals surface area contributed by atoms with Crippen LogP contribution in [0.2, 0.25) is 0 Å². The number of ether oxygens (including phenoxy) is 3. The van der Waals surface area contributed by atoms with E-state index in [9.17, 15) is 4.79 Å². The molecule has 29 heavy (non-hydrogen) atoms. The van der Waals surface area contributed by atoms with E-state index in [4.69, 9.17) is 14.2 Å². The molecule has 6 nitrogen and oxygen atoms in total. The monoisotopic (exact) mass is 396 g/mol. The first-order valence-corrected chi connectivity index (χ1v) is 9.84. The average Bonchev–Trinajstić information content (AvgIpc) is 3.24. The van der Waals surface area contributed by atoms with Crippen molar-refractivity contribution in [2.24, 2.45) is 0 Å². The van der Waals surface area contributed by atoms with Gasteiger partial charge in [0.1, 0.15) is 24.7 Å². The molecule has 1 aliphatic heterocycles. The molecular weight excluding hydrogens is 368 g/mol. The summed E-state index contributed by atoms with van der Waals surface area (Å²) in [6, 6.07) is 14.9. The van der Waals surface area contributed by atoms with Gasteiger partial charge in [0, 0.05) is 12.3 Å². The minimum atomic E-state index is -0.146. The van der Waals surface area contributed by atoms with Crippen molar-refractivity contribution in [1.29, 1.82) is 0 Å². The van der Waals surface area contributed by atoms with Crippen molar-refractivity contribution >= 4 is 17.3 Å². The molecule has 2 aromatic rings. The maximum absolute atomic E-state index is 12.3. The van der Waals surface area contributed by atoms with Crippen LogP contribution in [0.4, 0.5) is 11.4 Å². The fourth-order valence-electron chi connectivity index (χ4n) is 2.92. The molecule has 2 N–H and O–H groups in total. The third-order valence-corrected chi connectivity index (χ3v) is 4.40. The number of anilines is 2. The molecule has 1 aliphatic rings. The molecule has 1 saturated heterocycles. The molecule has 0 aromatic heterocycles. The van der Waals surface area contributed by atoms with E-state index in [0.717, 1.165) is 36.5 Å². The van der Waals surface area contributed by atoms with Crippen LogP contribution in [-0.2, 0) is 9.53 Å². The summed E-state index contributed by atoms with van der Waals surface area (Å²) in [4.78, 5) is 12.3. The molecule has 0 bridgehead atoms. The number of carbonyl (C=O) groups is 1. The fourth-order valence-corrected chi connectivity index (χ4v) is 2.92. The highest BCUT2D eigenvalue weighted by Gasteiger charge is 2.16. The van der Waals surface area contributed by atoms with Gasteiger partial charge in [0.25, 0.3) is 0 Å². The van der Waals surface area contributed by atoms with Gasteiger partial charge in [-0.25, -0.2) is 0 Å². The summed E-state index contributed by atoms with van der Waals surface area (Å²) < 4.78 is 17.0. The third-order valence-electron chi connectivity index (χ3n) is 4.40. The SMILES string of the molecule is C=C(C)COc1ccccc1NCC(=O)Nc1ccc(OCC2CCCO2)cc1. The van der Waals surface area contributed by atoms with Gasteiger partial charge >= 0.3 is 0 Å². The number of nitrogens with one attached hydrogen (secondary N) is 2. The molecule has 1 fully saturated rings. The van der Waals surface area contributed by atoms with E-state index >= 15 is 0 Å². The molecule has 2 aromatic carbocycles. The van der Waals surface area contributed by atoms with Crippen molar-refractivity contribution in [3.8, 4) is 11.5 Å². The molecule has 0 saturated carbocycles. The van der Waals surface area contributed by atoms with Crippen molar-refractivity contribution in [1.82, 2.24) is 0 Å². The van der Waals surface area contributed by atoms with E-state index < -0.39 is 0 Å². The lowest BCUT2D eigenvalue weighted by Gasteiger charge is -2.14. The van der Waals surface area contributed by atoms with Crippen LogP contribution in [0, 0.1) is 0 Å². The molecule has 1 atom stereocenters. The van der Waals surface area contributed by atoms with Gasteiger partial charge in [0.2, 0.25) is 5.91 Å². The maximum atomic E-state index is 12.3. The number of benzene rings is 2. The van der Waals surface area contributed by atoms with Crippen LogP contribution in [-0.4, -0.2) is 38.4 Å². The summed E-state index contributed by atoms with van der Waals surface area (Å²) in [7, 11) is 0. The first-order valence-electron chi connectivity index (χ1n) is 9.84. The molecule has 154 valence electrons. The first kappa shape index (κ1) is 20.7. The Morgan fingerprint density at radius 2 is 1.97 bits per heavy atom. The number of hydrogen-bond acceptors (Lipinski definition) is 5. The van der Waals surface area contributed by atoms with Gasteiger partial charge in [-0.1, -0.05) is 18.7 Å². The highest BCUT2D eigenvalue weighted by molar-refractivity contribution is 5.94. The van der Waals surface area contributed by atoms with Crippen LogP contribution in [0.25, 0.3) is 0 Å². The molecular formula is C23H28N2O4. The lowest BCUT2D eigenvalue weighted by atomic mass is 10.2. The lowest BCUT2D eigenvalue weighted by Crippen LogP contribution is -2.22. The van der Waals surface area contributed by atoms with E-state index in [1.807, 2.05) is 55.5 Å². The second-order valence-electron chi connectivity index (χ2n) is 7.11. The Morgan fingerprint density at radius 1 is 1.17 bits per heavy atom. The Hall–Kier alpha value is -2.99. The van der Waals surface area contributed by atoms with Crippen LogP contribution < -0.4 is 20.1 Å². The Kier molecular flexibility index (Phi) is 7.53. The Bertz CT molecular complexity index is 814. The summed E-state index contributed by atoms with van der Waals surface area (Å²) in [6.07, 6.45) is 2.32. The molecule has 1 heterocycles. The van der Waals surface area contributed by atoms with E-state index in [-0.39, 0.29) is 18.6 Å². The standard InChI is InChI=1S/C23H28N2O4/c1-17(2)15-29-22-8-4-3-7-21(22)24-14-23(26)25-18-9-11-19(12-10-18)28-16-20-6-5-13-27-20/h3-4,7-12,20,24H,1,5-6,13-16H2,2H3,(H,25,26). The maximum Gasteiger partial charge on any atom is 0.243 e. The predicted molar refractivity (Wildman–Crippen MR) is 115 cm³/mol. The number of hydrogen-bond donors (Lipinski definition) is 2. The van der Waals surface area contributed by atoms with E-state index in [1.165, 1.54) is 0 Å². The Balaban J connectivity index is 1.45. The largest absolute Gasteiger partial charge is 0.491 e. The molecule has 0 aliphatic carbocycles. The minimum Gasteiger partial charge on any atom is -0.491 e. The topological polar surface area (TPSA) is 68.8 Å². The van der Waals surface area contributed by atoms with Crippen LogP contribution in [0.1, 0.15) is 19.8 Å². The summed E-state index contributed by atoms with van der Waals surface area (Å²) in [6.45, 7) is 7.68. The summed E-state index contributed by atoms with van der Waals surface area (Å²) >= 11 is 0. The summed E-state index contributed by atoms with van der Waals surface area (Å²) in [5.74, 6) is 1.31. The van der Waals surface area contributed by atoms with Crippen LogP contribution in [0.5, 0.6) is 11.5 Å². The van der Waals surface area contributed by atoms with Gasteiger partial charge in [0.15, 0.2) is 0 Å². The van der Waals surface area contributed by atoms with Gasteiger partial charge in [0.05, 0.1) is 18.3 Å². The highest BCUT2D eigenvalue weighted by Crippen LogP contribution is 2.24. The van der Waals surface area contributed by atoms with Crippen LogP contribution in [0.15, 0.2) is 60.7 Å². The molecule has 1 amide bonds. The van der Waals surface area contributed by atoms with Gasteiger partial charge in [-0.3, -0.25) is 4.79 Å². The zero-order chi connectivity index (χ0) is 20.5. The third kappa shape index (κ3) is 6.84. The summed E-state index contributed by atoms with van der Waals surface area (Å²) in [5.41, 5.74) is 2.41. The second-order valence-corrected chi connectivity index (χ2v) is 7.11. The van der Waals surface area contributed by atoms with Crippen molar-refractivity contribution in [2.45, 2.75) is 25.9 Å². The van der Waals surface area contributed by atoms with Crippen LogP contribution in [0.3, 0.4) is 0 Å². The van der Waals surface area contributed by atoms with Crippen molar-refractivity contribution in [2.75, 3.05) is 37.0 Å². The lowest BCUT2D eigenvalue weighted by molar-refractivity contribution is -0.114. The quantitative estimate of drug-likeness (QED) is 0.588. The van der Waals surface area contributed by atoms with Gasteiger partial charge in [-0.15, -0.1) is 0 Å². The number of carbonyl (C=O) groups excluding carboxylic acids is 1. The summed E-state index contributed by atoms with van der Waals surface area (Å²) in [5, 5.41) is 5.98. The van der Waals surface area contributed by atoms with Crippen molar-refractivity contribution in [3.63, 3.8) is 0 Å². The van der Waals surface area contributed by atoms with Crippen LogP contribution >= 0.6 is 0 Å². The van der Waals surface area contributed by atoms with Crippen molar-refractivity contribution < 1.29 is 19.0 Å². The zero-order valence-corrected chi connectivity index (χ0v) is 16.8. The van der Waals surface area contributed by atoms with Crippen molar-refractivity contribution in [3.05, 3.63) is 60.7 Å². The number of para-hydroxylation sites is 2. The smallest absolute Gasteiger partial charge is 0.243 e. The Labute approximate surface area is 171 Å². The predicted octanol–water partition coefficient (Wildman–Crippen LogP) is 4.25. The zero-order valence-electron chi connectivity index (χ0n) is 16.8. The number of amides is 1. The highest BCUT2D eigenvalue weighted by atomic mass is 16.5. The molecule has 6 heteroatoms. The van der Waals surface area contributed by atoms with Gasteiger partial charge in [-0.05, 0) is 61.7 Å². The molecule has 3 rings (SSSR count). The second kappa shape index (κ2) is 10.5.